The molecule has 0 aromatic carbocycles. The quantitative estimate of drug-likeness (QED) is 0.657. The topological polar surface area (TPSA) is 49.8 Å². The van der Waals surface area contributed by atoms with E-state index < -0.39 is 0 Å². The first-order valence-corrected chi connectivity index (χ1v) is 12.9. The number of likely N-dealkylation sites (tertiary alicyclic amines) is 1. The predicted molar refractivity (Wildman–Crippen MR) is 118 cm³/mol. The molecule has 0 radical (unpaired) electrons. The number of hydrogen-bond acceptors (Lipinski definition) is 4. The minimum Gasteiger partial charge on any atom is -0.463 e. The highest BCUT2D eigenvalue weighted by molar-refractivity contribution is 5.66. The highest BCUT2D eigenvalue weighted by atomic mass is 16.5. The Bertz CT molecular complexity index is 661. The van der Waals surface area contributed by atoms with Gasteiger partial charge in [-0.3, -0.25) is 9.69 Å². The van der Waals surface area contributed by atoms with E-state index in [1.165, 1.54) is 70.9 Å². The molecule has 0 amide bonds. The number of esters is 1. The molecule has 9 atom stereocenters. The number of piperidine rings is 1. The summed E-state index contributed by atoms with van der Waals surface area (Å²) in [5, 5.41) is 11.5. The number of carbonyl (C=O) groups excluding carboxylic acids is 1. The second-order valence-electron chi connectivity index (χ2n) is 12.1. The summed E-state index contributed by atoms with van der Waals surface area (Å²) >= 11 is 0. The highest BCUT2D eigenvalue weighted by Crippen LogP contribution is 2.66. The van der Waals surface area contributed by atoms with Crippen LogP contribution in [-0.2, 0) is 9.53 Å². The van der Waals surface area contributed by atoms with Crippen molar-refractivity contribution in [2.24, 2.45) is 34.5 Å². The molecule has 1 saturated heterocycles. The molecular weight excluding hydrogens is 374 g/mol. The number of carbonyl (C=O) groups is 1. The minimum atomic E-state index is -0.160. The van der Waals surface area contributed by atoms with E-state index in [0.717, 1.165) is 30.6 Å². The highest BCUT2D eigenvalue weighted by Gasteiger charge is 2.63. The van der Waals surface area contributed by atoms with E-state index >= 15 is 0 Å². The lowest BCUT2D eigenvalue weighted by atomic mass is 9.45. The summed E-state index contributed by atoms with van der Waals surface area (Å²) in [6.07, 6.45) is 13.5. The maximum absolute atomic E-state index is 11.6. The number of fused-ring (bicyclic) bond motifs is 5. The lowest BCUT2D eigenvalue weighted by molar-refractivity contribution is -0.164. The first-order chi connectivity index (χ1) is 14.3. The average molecular weight is 418 g/mol. The van der Waals surface area contributed by atoms with Gasteiger partial charge in [-0.15, -0.1) is 0 Å². The van der Waals surface area contributed by atoms with Crippen LogP contribution in [0.15, 0.2) is 0 Å². The zero-order chi connectivity index (χ0) is 21.1. The van der Waals surface area contributed by atoms with E-state index in [9.17, 15) is 9.90 Å². The molecule has 5 fully saturated rings. The van der Waals surface area contributed by atoms with Gasteiger partial charge in [-0.2, -0.15) is 0 Å². The van der Waals surface area contributed by atoms with Crippen LogP contribution in [0.2, 0.25) is 0 Å². The third kappa shape index (κ3) is 3.27. The van der Waals surface area contributed by atoms with E-state index in [2.05, 4.69) is 18.7 Å². The fraction of sp³-hybridized carbons (Fsp3) is 0.962. The smallest absolute Gasteiger partial charge is 0.302 e. The third-order valence-corrected chi connectivity index (χ3v) is 10.7. The molecule has 4 unspecified atom stereocenters. The van der Waals surface area contributed by atoms with Crippen molar-refractivity contribution in [3.05, 3.63) is 0 Å². The summed E-state index contributed by atoms with van der Waals surface area (Å²) in [4.78, 5) is 14.3. The van der Waals surface area contributed by atoms with Gasteiger partial charge in [0.05, 0.1) is 6.10 Å². The molecule has 1 heterocycles. The van der Waals surface area contributed by atoms with Crippen LogP contribution in [0, 0.1) is 34.5 Å². The fourth-order valence-corrected chi connectivity index (χ4v) is 9.23. The first kappa shape index (κ1) is 21.2. The number of nitrogens with zero attached hydrogens (tertiary/aromatic N) is 1. The number of hydrogen-bond donors (Lipinski definition) is 1. The van der Waals surface area contributed by atoms with Gasteiger partial charge in [0.25, 0.3) is 0 Å². The predicted octanol–water partition coefficient (Wildman–Crippen LogP) is 4.79. The molecular formula is C26H43NO3. The molecule has 5 aliphatic rings. The maximum atomic E-state index is 11.6. The molecule has 1 N–H and O–H groups in total. The molecule has 5 rings (SSSR count). The molecule has 4 nitrogen and oxygen atoms in total. The van der Waals surface area contributed by atoms with Gasteiger partial charge in [-0.05, 0) is 112 Å². The van der Waals surface area contributed by atoms with Crippen molar-refractivity contribution in [1.29, 1.82) is 0 Å². The van der Waals surface area contributed by atoms with Crippen LogP contribution in [-0.4, -0.2) is 47.3 Å². The Hall–Kier alpha value is -0.610. The Kier molecular flexibility index (Phi) is 5.50. The van der Waals surface area contributed by atoms with Crippen molar-refractivity contribution in [2.75, 3.05) is 13.1 Å². The van der Waals surface area contributed by atoms with E-state index in [4.69, 9.17) is 4.74 Å². The summed E-state index contributed by atoms with van der Waals surface area (Å²) in [5.74, 6) is 2.81. The van der Waals surface area contributed by atoms with E-state index in [0.29, 0.717) is 17.4 Å². The molecule has 0 aromatic rings. The SMILES string of the molecule is CC(=O)OC1CCC2CC[C@@H]3[C@@H](CC[C@]4(C)C(O)C(N5CCCCC5)C[C@@H]34)[C@@]2(C)C1. The number of rotatable bonds is 2. The molecule has 0 bridgehead atoms. The molecule has 0 aromatic heterocycles. The molecule has 30 heavy (non-hydrogen) atoms. The van der Waals surface area contributed by atoms with Crippen LogP contribution in [0.4, 0.5) is 0 Å². The van der Waals surface area contributed by atoms with Crippen molar-refractivity contribution in [3.8, 4) is 0 Å². The maximum Gasteiger partial charge on any atom is 0.302 e. The van der Waals surface area contributed by atoms with Crippen molar-refractivity contribution in [1.82, 2.24) is 4.90 Å². The molecule has 0 spiro atoms. The summed E-state index contributed by atoms with van der Waals surface area (Å²) in [7, 11) is 0. The first-order valence-electron chi connectivity index (χ1n) is 12.9. The van der Waals surface area contributed by atoms with Crippen molar-refractivity contribution >= 4 is 5.97 Å². The molecule has 4 heteroatoms. The summed E-state index contributed by atoms with van der Waals surface area (Å²) in [6.45, 7) is 8.87. The fourth-order valence-electron chi connectivity index (χ4n) is 9.23. The van der Waals surface area contributed by atoms with Crippen LogP contribution in [0.3, 0.4) is 0 Å². The Morgan fingerprint density at radius 1 is 0.967 bits per heavy atom. The van der Waals surface area contributed by atoms with Gasteiger partial charge in [0.1, 0.15) is 6.10 Å². The minimum absolute atomic E-state index is 0.0937. The van der Waals surface area contributed by atoms with Crippen LogP contribution in [0.25, 0.3) is 0 Å². The summed E-state index contributed by atoms with van der Waals surface area (Å²) in [5.41, 5.74) is 0.396. The number of ether oxygens (including phenoxy) is 1. The van der Waals surface area contributed by atoms with Gasteiger partial charge in [0.15, 0.2) is 0 Å². The van der Waals surface area contributed by atoms with Gasteiger partial charge in [-0.25, -0.2) is 0 Å². The average Bonchev–Trinajstić information content (AvgIpc) is 2.99. The van der Waals surface area contributed by atoms with Gasteiger partial charge >= 0.3 is 5.97 Å². The number of aliphatic hydroxyl groups excluding tert-OH is 1. The third-order valence-electron chi connectivity index (χ3n) is 10.7. The van der Waals surface area contributed by atoms with E-state index in [-0.39, 0.29) is 23.6 Å². The van der Waals surface area contributed by atoms with E-state index in [1.54, 1.807) is 6.92 Å². The monoisotopic (exact) mass is 417 g/mol. The van der Waals surface area contributed by atoms with Crippen molar-refractivity contribution in [3.63, 3.8) is 0 Å². The molecule has 4 saturated carbocycles. The Balaban J connectivity index is 1.37. The van der Waals surface area contributed by atoms with Gasteiger partial charge in [-0.1, -0.05) is 20.3 Å². The normalized spacial score (nSPS) is 51.5. The van der Waals surface area contributed by atoms with Gasteiger partial charge < -0.3 is 9.84 Å². The summed E-state index contributed by atoms with van der Waals surface area (Å²) < 4.78 is 5.72. The van der Waals surface area contributed by atoms with Gasteiger partial charge in [0.2, 0.25) is 0 Å². The Labute approximate surface area is 183 Å². The van der Waals surface area contributed by atoms with Crippen molar-refractivity contribution < 1.29 is 14.6 Å². The standard InChI is InChI=1S/C26H43NO3/c1-17(28)30-19-9-7-18-8-10-20-21(26(18,3)16-19)11-12-25(2)22(20)15-23(24(25)29)27-13-5-4-6-14-27/h18-24,29H,4-16H2,1-3H3/t18?,19?,20-,21-,22+,23?,24?,25+,26+/m1/s1. The van der Waals surface area contributed by atoms with Crippen LogP contribution >= 0.6 is 0 Å². The Morgan fingerprint density at radius 2 is 1.70 bits per heavy atom. The zero-order valence-electron chi connectivity index (χ0n) is 19.4. The van der Waals surface area contributed by atoms with Crippen LogP contribution < -0.4 is 0 Å². The Morgan fingerprint density at radius 3 is 2.43 bits per heavy atom. The zero-order valence-corrected chi connectivity index (χ0v) is 19.4. The molecule has 1 aliphatic heterocycles. The molecule has 4 aliphatic carbocycles. The second kappa shape index (κ2) is 7.76. The molecule has 170 valence electrons. The number of aliphatic hydroxyl groups is 1. The lowest BCUT2D eigenvalue weighted by Gasteiger charge is -2.60. The van der Waals surface area contributed by atoms with Crippen LogP contribution in [0.5, 0.6) is 0 Å². The second-order valence-corrected chi connectivity index (χ2v) is 12.1. The largest absolute Gasteiger partial charge is 0.463 e. The van der Waals surface area contributed by atoms with E-state index in [1.807, 2.05) is 0 Å². The van der Waals surface area contributed by atoms with Crippen LogP contribution in [0.1, 0.15) is 91.4 Å². The van der Waals surface area contributed by atoms with Gasteiger partial charge in [0, 0.05) is 13.0 Å². The van der Waals surface area contributed by atoms with Crippen molar-refractivity contribution in [2.45, 2.75) is 110 Å². The lowest BCUT2D eigenvalue weighted by Crippen LogP contribution is -2.55. The summed E-state index contributed by atoms with van der Waals surface area (Å²) in [6, 6.07) is 0.379.